The van der Waals surface area contributed by atoms with Gasteiger partial charge in [0.25, 0.3) is 0 Å². The molecule has 6 rings (SSSR count). The highest BCUT2D eigenvalue weighted by molar-refractivity contribution is 6.32. The van der Waals surface area contributed by atoms with E-state index in [9.17, 15) is 0 Å². The number of aryl methyl sites for hydroxylation is 1. The third-order valence-corrected chi connectivity index (χ3v) is 8.73. The fraction of sp³-hybridized carbons (Fsp3) is 0.514. The first kappa shape index (κ1) is 35.3. The summed E-state index contributed by atoms with van der Waals surface area (Å²) >= 11 is 6.42. The smallest absolute Gasteiger partial charge is 0.229 e. The maximum atomic E-state index is 8.00. The zero-order chi connectivity index (χ0) is 32.1. The highest BCUT2D eigenvalue weighted by atomic mass is 35.5. The van der Waals surface area contributed by atoms with Crippen LogP contribution in [0, 0.1) is 6.92 Å². The minimum atomic E-state index is 0.474. The van der Waals surface area contributed by atoms with Gasteiger partial charge in [-0.25, -0.2) is 4.98 Å². The molecule has 2 fully saturated rings. The SMILES string of the molecule is C=O.CC.CC.Cc1ccccc1Nc1nc(Nc2ccc(C3CCN(C4CCN(C)CC4)CC3)c3c2OCC3)ncc1Cl. The molecule has 2 N–H and O–H groups in total. The molecule has 0 radical (unpaired) electrons. The van der Waals surface area contributed by atoms with Crippen molar-refractivity contribution in [1.82, 2.24) is 19.8 Å². The Kier molecular flexibility index (Phi) is 14.4. The molecule has 2 aromatic carbocycles. The van der Waals surface area contributed by atoms with E-state index in [4.69, 9.17) is 21.1 Å². The Labute approximate surface area is 269 Å². The van der Waals surface area contributed by atoms with Crippen LogP contribution in [-0.2, 0) is 11.2 Å². The maximum absolute atomic E-state index is 8.00. The Bertz CT molecular complexity index is 1310. The molecule has 4 heterocycles. The topological polar surface area (TPSA) is 82.6 Å². The minimum Gasteiger partial charge on any atom is -0.491 e. The number of benzene rings is 2. The van der Waals surface area contributed by atoms with E-state index in [0.29, 0.717) is 22.7 Å². The number of piperidine rings is 2. The number of para-hydroxylation sites is 1. The predicted molar refractivity (Wildman–Crippen MR) is 184 cm³/mol. The first-order valence-electron chi connectivity index (χ1n) is 16.2. The van der Waals surface area contributed by atoms with Crippen LogP contribution in [0.4, 0.5) is 23.1 Å². The van der Waals surface area contributed by atoms with Crippen molar-refractivity contribution in [3.63, 3.8) is 0 Å². The molecule has 1 aromatic heterocycles. The van der Waals surface area contributed by atoms with Gasteiger partial charge in [-0.1, -0.05) is 63.6 Å². The quantitative estimate of drug-likeness (QED) is 0.286. The van der Waals surface area contributed by atoms with Gasteiger partial charge in [-0.15, -0.1) is 0 Å². The van der Waals surface area contributed by atoms with Crippen molar-refractivity contribution in [2.24, 2.45) is 0 Å². The van der Waals surface area contributed by atoms with E-state index in [-0.39, 0.29) is 0 Å². The number of anilines is 4. The number of nitrogens with one attached hydrogen (secondary N) is 2. The second-order valence-electron chi connectivity index (χ2n) is 10.9. The highest BCUT2D eigenvalue weighted by Gasteiger charge is 2.31. The molecule has 0 atom stereocenters. The average Bonchev–Trinajstić information content (AvgIpc) is 3.58. The summed E-state index contributed by atoms with van der Waals surface area (Å²) in [6, 6.07) is 13.3. The number of hydrogen-bond acceptors (Lipinski definition) is 8. The van der Waals surface area contributed by atoms with E-state index in [1.807, 2.05) is 52.7 Å². The van der Waals surface area contributed by atoms with Gasteiger partial charge in [0.05, 0.1) is 18.5 Å². The van der Waals surface area contributed by atoms with Crippen LogP contribution in [0.25, 0.3) is 0 Å². The van der Waals surface area contributed by atoms with Crippen LogP contribution in [0.5, 0.6) is 5.75 Å². The van der Waals surface area contributed by atoms with Gasteiger partial charge in [-0.2, -0.15) is 4.98 Å². The Balaban J connectivity index is 0.000000832. The fourth-order valence-electron chi connectivity index (χ4n) is 6.21. The number of nitrogens with zero attached hydrogens (tertiary/aromatic N) is 4. The molecule has 0 saturated carbocycles. The number of fused-ring (bicyclic) bond motifs is 1. The van der Waals surface area contributed by atoms with Crippen LogP contribution in [0.3, 0.4) is 0 Å². The molecular formula is C35H51ClN6O2. The summed E-state index contributed by atoms with van der Waals surface area (Å²) in [5, 5.41) is 7.21. The van der Waals surface area contributed by atoms with E-state index in [0.717, 1.165) is 41.8 Å². The summed E-state index contributed by atoms with van der Waals surface area (Å²) < 4.78 is 6.15. The lowest BCUT2D eigenvalue weighted by atomic mass is 9.84. The van der Waals surface area contributed by atoms with E-state index >= 15 is 0 Å². The summed E-state index contributed by atoms with van der Waals surface area (Å²) in [6.45, 7) is 17.6. The minimum absolute atomic E-state index is 0.474. The maximum Gasteiger partial charge on any atom is 0.229 e. The summed E-state index contributed by atoms with van der Waals surface area (Å²) in [5.74, 6) is 2.61. The summed E-state index contributed by atoms with van der Waals surface area (Å²) in [7, 11) is 2.24. The summed E-state index contributed by atoms with van der Waals surface area (Å²) in [6.07, 6.45) is 7.64. The Morgan fingerprint density at radius 3 is 2.27 bits per heavy atom. The molecule has 3 aliphatic rings. The highest BCUT2D eigenvalue weighted by Crippen LogP contribution is 2.43. The number of hydrogen-bond donors (Lipinski definition) is 2. The normalized spacial score (nSPS) is 17.0. The van der Waals surface area contributed by atoms with Crippen LogP contribution in [-0.4, -0.2) is 72.4 Å². The van der Waals surface area contributed by atoms with E-state index < -0.39 is 0 Å². The van der Waals surface area contributed by atoms with Gasteiger partial charge in [0.1, 0.15) is 17.6 Å². The van der Waals surface area contributed by atoms with Crippen molar-refractivity contribution in [3.8, 4) is 5.75 Å². The lowest BCUT2D eigenvalue weighted by Crippen LogP contribution is -2.46. The molecule has 8 nitrogen and oxygen atoms in total. The van der Waals surface area contributed by atoms with Gasteiger partial charge in [0.2, 0.25) is 5.95 Å². The largest absolute Gasteiger partial charge is 0.491 e. The molecule has 44 heavy (non-hydrogen) atoms. The van der Waals surface area contributed by atoms with Crippen molar-refractivity contribution in [2.75, 3.05) is 50.5 Å². The number of rotatable bonds is 6. The molecule has 9 heteroatoms. The zero-order valence-corrected chi connectivity index (χ0v) is 28.2. The van der Waals surface area contributed by atoms with Gasteiger partial charge in [0.15, 0.2) is 5.82 Å². The molecule has 0 bridgehead atoms. The zero-order valence-electron chi connectivity index (χ0n) is 27.5. The Hall–Kier alpha value is -3.20. The number of halogens is 1. The molecule has 0 spiro atoms. The second-order valence-corrected chi connectivity index (χ2v) is 11.3. The number of aromatic nitrogens is 2. The first-order valence-corrected chi connectivity index (χ1v) is 16.5. The van der Waals surface area contributed by atoms with Crippen molar-refractivity contribution >= 4 is 41.5 Å². The molecule has 2 saturated heterocycles. The lowest BCUT2D eigenvalue weighted by molar-refractivity contribution is -0.0980. The third-order valence-electron chi connectivity index (χ3n) is 8.46. The number of carbonyl (C=O) groups excluding carboxylic acids is 1. The molecule has 3 aliphatic heterocycles. The van der Waals surface area contributed by atoms with Crippen LogP contribution in [0.1, 0.15) is 76.0 Å². The van der Waals surface area contributed by atoms with Crippen molar-refractivity contribution in [3.05, 3.63) is 64.3 Å². The van der Waals surface area contributed by atoms with Gasteiger partial charge < -0.3 is 30.0 Å². The molecule has 0 amide bonds. The van der Waals surface area contributed by atoms with Crippen molar-refractivity contribution in [1.29, 1.82) is 0 Å². The number of carbonyl (C=O) groups is 1. The van der Waals surface area contributed by atoms with E-state index in [1.54, 1.807) is 6.20 Å². The third kappa shape index (κ3) is 8.71. The van der Waals surface area contributed by atoms with Crippen molar-refractivity contribution in [2.45, 2.75) is 78.7 Å². The Morgan fingerprint density at radius 1 is 0.909 bits per heavy atom. The standard InChI is InChI=1S/C30H37ClN6O.2C2H6.CH2O/c1-20-5-3-4-6-26(20)33-29-25(31)19-32-30(35-29)34-27-8-7-23(24-13-18-38-28(24)27)21-9-16-37(17-10-21)22-11-14-36(2)15-12-22;3*1-2/h3-8,19,21-22H,9-18H2,1-2H3,(H2,32,33,34,35);2*1-2H3;1H2. The number of ether oxygens (including phenoxy) is 1. The van der Waals surface area contributed by atoms with E-state index in [1.165, 1.54) is 63.0 Å². The summed E-state index contributed by atoms with van der Waals surface area (Å²) in [5.41, 5.74) is 5.81. The summed E-state index contributed by atoms with van der Waals surface area (Å²) in [4.78, 5) is 22.3. The van der Waals surface area contributed by atoms with Crippen LogP contribution in [0.15, 0.2) is 42.6 Å². The predicted octanol–water partition coefficient (Wildman–Crippen LogP) is 8.00. The van der Waals surface area contributed by atoms with Crippen molar-refractivity contribution < 1.29 is 9.53 Å². The second kappa shape index (κ2) is 17.9. The molecule has 3 aromatic rings. The van der Waals surface area contributed by atoms with Crippen LogP contribution >= 0.6 is 11.6 Å². The molecule has 240 valence electrons. The van der Waals surface area contributed by atoms with Gasteiger partial charge in [-0.05, 0) is 95.0 Å². The van der Waals surface area contributed by atoms with Gasteiger partial charge in [-0.3, -0.25) is 0 Å². The van der Waals surface area contributed by atoms with Gasteiger partial charge >= 0.3 is 0 Å². The fourth-order valence-corrected chi connectivity index (χ4v) is 6.35. The number of likely N-dealkylation sites (tertiary alicyclic amines) is 2. The average molecular weight is 623 g/mol. The molecule has 0 aliphatic carbocycles. The molecular weight excluding hydrogens is 572 g/mol. The monoisotopic (exact) mass is 622 g/mol. The molecule has 0 unspecified atom stereocenters. The van der Waals surface area contributed by atoms with Crippen LogP contribution < -0.4 is 15.4 Å². The van der Waals surface area contributed by atoms with Crippen LogP contribution in [0.2, 0.25) is 5.02 Å². The van der Waals surface area contributed by atoms with E-state index in [2.05, 4.69) is 62.6 Å². The Morgan fingerprint density at radius 2 is 1.59 bits per heavy atom. The lowest BCUT2D eigenvalue weighted by Gasteiger charge is -2.41. The first-order chi connectivity index (χ1) is 21.5. The van der Waals surface area contributed by atoms with Gasteiger partial charge in [0, 0.05) is 23.7 Å².